The molecule has 0 aliphatic carbocycles. The zero-order chi connectivity index (χ0) is 12.8. The lowest BCUT2D eigenvalue weighted by Crippen LogP contribution is -2.23. The normalized spacial score (nSPS) is 16.5. The quantitative estimate of drug-likeness (QED) is 0.837. The summed E-state index contributed by atoms with van der Waals surface area (Å²) in [4.78, 5) is 0. The molecule has 0 radical (unpaired) electrons. The fraction of sp³-hybridized carbons (Fsp3) is 0.538. The molecule has 96 valence electrons. The Labute approximate surface area is 113 Å². The van der Waals surface area contributed by atoms with E-state index in [1.54, 1.807) is 11.8 Å². The van der Waals surface area contributed by atoms with E-state index in [-0.39, 0.29) is 17.9 Å². The van der Waals surface area contributed by atoms with Crippen molar-refractivity contribution in [2.75, 3.05) is 12.4 Å². The molecule has 3 unspecified atom stereocenters. The highest BCUT2D eigenvalue weighted by atomic mass is 35.5. The van der Waals surface area contributed by atoms with Crippen molar-refractivity contribution in [3.05, 3.63) is 34.9 Å². The second-order valence-electron chi connectivity index (χ2n) is 4.46. The Hall–Kier alpha value is -0.220. The summed E-state index contributed by atoms with van der Waals surface area (Å²) in [5.74, 6) is 1.19. The molecule has 0 saturated carbocycles. The summed E-state index contributed by atoms with van der Waals surface area (Å²) in [6.45, 7) is 4.25. The Balaban J connectivity index is 2.72. The van der Waals surface area contributed by atoms with Gasteiger partial charge < -0.3 is 10.8 Å². The molecule has 0 amide bonds. The molecular formula is C13H20ClNOS. The van der Waals surface area contributed by atoms with E-state index in [4.69, 9.17) is 22.4 Å². The van der Waals surface area contributed by atoms with Crippen LogP contribution in [0, 0.1) is 5.92 Å². The minimum Gasteiger partial charge on any atom is -0.396 e. The maximum absolute atomic E-state index is 9.04. The van der Waals surface area contributed by atoms with Crippen LogP contribution in [0.3, 0.4) is 0 Å². The van der Waals surface area contributed by atoms with Crippen LogP contribution in [0.25, 0.3) is 0 Å². The molecule has 17 heavy (non-hydrogen) atoms. The van der Waals surface area contributed by atoms with Gasteiger partial charge in [0.05, 0.1) is 0 Å². The average molecular weight is 274 g/mol. The number of benzene rings is 1. The van der Waals surface area contributed by atoms with E-state index in [1.807, 2.05) is 32.0 Å². The molecule has 0 aliphatic heterocycles. The van der Waals surface area contributed by atoms with Gasteiger partial charge >= 0.3 is 0 Å². The van der Waals surface area contributed by atoms with Crippen molar-refractivity contribution in [3.63, 3.8) is 0 Å². The van der Waals surface area contributed by atoms with Crippen molar-refractivity contribution in [1.82, 2.24) is 0 Å². The zero-order valence-electron chi connectivity index (χ0n) is 10.3. The van der Waals surface area contributed by atoms with E-state index in [0.29, 0.717) is 5.92 Å². The monoisotopic (exact) mass is 273 g/mol. The molecule has 0 bridgehead atoms. The number of rotatable bonds is 6. The van der Waals surface area contributed by atoms with E-state index in [2.05, 4.69) is 6.07 Å². The SMILES string of the molecule is CC(CO)CSC(c1cccc(Cl)c1)C(C)N. The first-order valence-electron chi connectivity index (χ1n) is 5.78. The number of aliphatic hydroxyl groups excluding tert-OH is 1. The number of aliphatic hydroxyl groups is 1. The predicted octanol–water partition coefficient (Wildman–Crippen LogP) is 3.09. The summed E-state index contributed by atoms with van der Waals surface area (Å²) >= 11 is 7.77. The van der Waals surface area contributed by atoms with E-state index >= 15 is 0 Å². The van der Waals surface area contributed by atoms with Crippen LogP contribution in [-0.4, -0.2) is 23.5 Å². The molecule has 1 rings (SSSR count). The summed E-state index contributed by atoms with van der Waals surface area (Å²) in [5, 5.41) is 10.00. The van der Waals surface area contributed by atoms with Gasteiger partial charge in [0.2, 0.25) is 0 Å². The number of halogens is 1. The first-order chi connectivity index (χ1) is 8.04. The summed E-state index contributed by atoms with van der Waals surface area (Å²) in [6.07, 6.45) is 0. The molecule has 3 N–H and O–H groups in total. The lowest BCUT2D eigenvalue weighted by atomic mass is 10.1. The van der Waals surface area contributed by atoms with Crippen LogP contribution >= 0.6 is 23.4 Å². The summed E-state index contributed by atoms with van der Waals surface area (Å²) < 4.78 is 0. The Morgan fingerprint density at radius 2 is 2.12 bits per heavy atom. The number of thioether (sulfide) groups is 1. The van der Waals surface area contributed by atoms with Crippen molar-refractivity contribution < 1.29 is 5.11 Å². The highest BCUT2D eigenvalue weighted by Crippen LogP contribution is 2.33. The molecule has 0 saturated heterocycles. The molecular weight excluding hydrogens is 254 g/mol. The summed E-state index contributed by atoms with van der Waals surface area (Å²) in [5.41, 5.74) is 7.18. The van der Waals surface area contributed by atoms with Gasteiger partial charge in [0.25, 0.3) is 0 Å². The number of nitrogens with two attached hydrogens (primary N) is 1. The smallest absolute Gasteiger partial charge is 0.0464 e. The van der Waals surface area contributed by atoms with Crippen molar-refractivity contribution in [1.29, 1.82) is 0 Å². The molecule has 4 heteroatoms. The van der Waals surface area contributed by atoms with E-state index in [0.717, 1.165) is 16.3 Å². The van der Waals surface area contributed by atoms with E-state index < -0.39 is 0 Å². The van der Waals surface area contributed by atoms with Crippen LogP contribution in [0.4, 0.5) is 0 Å². The van der Waals surface area contributed by atoms with Gasteiger partial charge in [0.15, 0.2) is 0 Å². The molecule has 2 nitrogen and oxygen atoms in total. The first-order valence-corrected chi connectivity index (χ1v) is 7.20. The van der Waals surface area contributed by atoms with Gasteiger partial charge in [0, 0.05) is 22.9 Å². The van der Waals surface area contributed by atoms with Crippen molar-refractivity contribution in [3.8, 4) is 0 Å². The van der Waals surface area contributed by atoms with E-state index in [9.17, 15) is 0 Å². The second kappa shape index (κ2) is 7.27. The van der Waals surface area contributed by atoms with Gasteiger partial charge in [-0.2, -0.15) is 11.8 Å². The van der Waals surface area contributed by atoms with Gasteiger partial charge in [-0.3, -0.25) is 0 Å². The predicted molar refractivity (Wildman–Crippen MR) is 76.6 cm³/mol. The summed E-state index contributed by atoms with van der Waals surface area (Å²) in [7, 11) is 0. The topological polar surface area (TPSA) is 46.2 Å². The van der Waals surface area contributed by atoms with Crippen LogP contribution in [0.15, 0.2) is 24.3 Å². The number of hydrogen-bond donors (Lipinski definition) is 2. The molecule has 3 atom stereocenters. The van der Waals surface area contributed by atoms with Crippen molar-refractivity contribution >= 4 is 23.4 Å². The zero-order valence-corrected chi connectivity index (χ0v) is 11.8. The molecule has 0 heterocycles. The third kappa shape index (κ3) is 4.88. The van der Waals surface area contributed by atoms with Gasteiger partial charge in [-0.1, -0.05) is 30.7 Å². The molecule has 1 aromatic carbocycles. The third-order valence-corrected chi connectivity index (χ3v) is 4.58. The lowest BCUT2D eigenvalue weighted by molar-refractivity contribution is 0.250. The Bertz CT molecular complexity index is 346. The third-order valence-electron chi connectivity index (χ3n) is 2.53. The minimum atomic E-state index is 0.0596. The Kier molecular flexibility index (Phi) is 6.34. The van der Waals surface area contributed by atoms with Crippen LogP contribution in [0.2, 0.25) is 5.02 Å². The fourth-order valence-corrected chi connectivity index (χ4v) is 3.04. The van der Waals surface area contributed by atoms with Gasteiger partial charge in [-0.15, -0.1) is 0 Å². The number of hydrogen-bond acceptors (Lipinski definition) is 3. The lowest BCUT2D eigenvalue weighted by Gasteiger charge is -2.22. The standard InChI is InChI=1S/C13H20ClNOS/c1-9(7-16)8-17-13(10(2)15)11-4-3-5-12(14)6-11/h3-6,9-10,13,16H,7-8,15H2,1-2H3. The largest absolute Gasteiger partial charge is 0.396 e. The molecule has 1 aromatic rings. The van der Waals surface area contributed by atoms with Crippen molar-refractivity contribution in [2.45, 2.75) is 25.1 Å². The van der Waals surface area contributed by atoms with Gasteiger partial charge in [0.1, 0.15) is 0 Å². The maximum Gasteiger partial charge on any atom is 0.0464 e. The van der Waals surface area contributed by atoms with E-state index in [1.165, 1.54) is 0 Å². The van der Waals surface area contributed by atoms with Crippen LogP contribution in [-0.2, 0) is 0 Å². The Morgan fingerprint density at radius 1 is 1.41 bits per heavy atom. The summed E-state index contributed by atoms with van der Waals surface area (Å²) in [6, 6.07) is 7.89. The molecule has 0 aliphatic rings. The Morgan fingerprint density at radius 3 is 2.65 bits per heavy atom. The van der Waals surface area contributed by atoms with Crippen molar-refractivity contribution in [2.24, 2.45) is 11.7 Å². The van der Waals surface area contributed by atoms with Crippen LogP contribution < -0.4 is 5.73 Å². The second-order valence-corrected chi connectivity index (χ2v) is 6.07. The maximum atomic E-state index is 9.04. The first kappa shape index (κ1) is 14.8. The highest BCUT2D eigenvalue weighted by Gasteiger charge is 2.18. The molecule has 0 fully saturated rings. The van der Waals surface area contributed by atoms with Crippen LogP contribution in [0.1, 0.15) is 24.7 Å². The van der Waals surface area contributed by atoms with Gasteiger partial charge in [-0.25, -0.2) is 0 Å². The fourth-order valence-electron chi connectivity index (χ4n) is 1.56. The van der Waals surface area contributed by atoms with Gasteiger partial charge in [-0.05, 0) is 36.3 Å². The molecule has 0 spiro atoms. The molecule has 0 aromatic heterocycles. The average Bonchev–Trinajstić information content (AvgIpc) is 2.28. The highest BCUT2D eigenvalue weighted by molar-refractivity contribution is 7.99. The van der Waals surface area contributed by atoms with Crippen LogP contribution in [0.5, 0.6) is 0 Å². The minimum absolute atomic E-state index is 0.0596.